The van der Waals surface area contributed by atoms with Crippen LogP contribution in [0.4, 0.5) is 8.78 Å². The monoisotopic (exact) mass is 252 g/mol. The summed E-state index contributed by atoms with van der Waals surface area (Å²) in [6.45, 7) is -0.224. The number of aromatic nitrogens is 2. The molecule has 0 aliphatic heterocycles. The highest BCUT2D eigenvalue weighted by Crippen LogP contribution is 2.09. The van der Waals surface area contributed by atoms with E-state index in [9.17, 15) is 18.4 Å². The molecule has 1 aromatic heterocycles. The zero-order valence-electron chi connectivity index (χ0n) is 9.56. The molecule has 0 unspecified atom stereocenters. The Hall–Kier alpha value is -2.24. The lowest BCUT2D eigenvalue weighted by molar-refractivity contribution is 0.555. The Labute approximate surface area is 101 Å². The van der Waals surface area contributed by atoms with Crippen LogP contribution in [0.2, 0.25) is 0 Å². The Morgan fingerprint density at radius 3 is 2.56 bits per heavy atom. The SMILES string of the molecule is Cn1ccc(=O)n(Cc2ccc(F)cc2F)c1=O. The van der Waals surface area contributed by atoms with Crippen LogP contribution < -0.4 is 11.2 Å². The van der Waals surface area contributed by atoms with Crippen LogP contribution in [-0.2, 0) is 13.6 Å². The van der Waals surface area contributed by atoms with Crippen LogP contribution in [0.25, 0.3) is 0 Å². The second kappa shape index (κ2) is 4.56. The largest absolute Gasteiger partial charge is 0.331 e. The molecule has 4 nitrogen and oxygen atoms in total. The Balaban J connectivity index is 2.50. The van der Waals surface area contributed by atoms with Gasteiger partial charge in [-0.25, -0.2) is 13.6 Å². The van der Waals surface area contributed by atoms with Gasteiger partial charge in [0.15, 0.2) is 0 Å². The lowest BCUT2D eigenvalue weighted by Crippen LogP contribution is -2.38. The predicted molar refractivity (Wildman–Crippen MR) is 61.4 cm³/mol. The van der Waals surface area contributed by atoms with Crippen molar-refractivity contribution in [3.8, 4) is 0 Å². The van der Waals surface area contributed by atoms with Crippen molar-refractivity contribution < 1.29 is 8.78 Å². The number of hydrogen-bond acceptors (Lipinski definition) is 2. The van der Waals surface area contributed by atoms with Crippen molar-refractivity contribution in [1.82, 2.24) is 9.13 Å². The number of nitrogens with zero attached hydrogens (tertiary/aromatic N) is 2. The molecule has 0 aliphatic carbocycles. The van der Waals surface area contributed by atoms with Gasteiger partial charge in [0.05, 0.1) is 6.54 Å². The molecule has 2 rings (SSSR count). The maximum absolute atomic E-state index is 13.4. The Morgan fingerprint density at radius 2 is 1.89 bits per heavy atom. The van der Waals surface area contributed by atoms with Crippen LogP contribution >= 0.6 is 0 Å². The van der Waals surface area contributed by atoms with Gasteiger partial charge in [0.1, 0.15) is 11.6 Å². The minimum Gasteiger partial charge on any atom is -0.303 e. The smallest absolute Gasteiger partial charge is 0.303 e. The van der Waals surface area contributed by atoms with Gasteiger partial charge in [-0.15, -0.1) is 0 Å². The summed E-state index contributed by atoms with van der Waals surface area (Å²) in [5.74, 6) is -1.49. The Morgan fingerprint density at radius 1 is 1.17 bits per heavy atom. The lowest BCUT2D eigenvalue weighted by Gasteiger charge is -2.07. The van der Waals surface area contributed by atoms with Gasteiger partial charge in [-0.05, 0) is 6.07 Å². The summed E-state index contributed by atoms with van der Waals surface area (Å²) in [7, 11) is 1.49. The van der Waals surface area contributed by atoms with Crippen molar-refractivity contribution in [2.45, 2.75) is 6.54 Å². The van der Waals surface area contributed by atoms with Gasteiger partial charge in [-0.3, -0.25) is 9.36 Å². The summed E-state index contributed by atoms with van der Waals surface area (Å²) >= 11 is 0. The van der Waals surface area contributed by atoms with E-state index < -0.39 is 22.9 Å². The minimum absolute atomic E-state index is 0.0850. The van der Waals surface area contributed by atoms with E-state index in [1.165, 1.54) is 29.9 Å². The Kier molecular flexibility index (Phi) is 3.10. The van der Waals surface area contributed by atoms with Crippen molar-refractivity contribution >= 4 is 0 Å². The van der Waals surface area contributed by atoms with Crippen molar-refractivity contribution in [3.63, 3.8) is 0 Å². The van der Waals surface area contributed by atoms with E-state index in [1.807, 2.05) is 0 Å². The second-order valence-electron chi connectivity index (χ2n) is 3.87. The van der Waals surface area contributed by atoms with Gasteiger partial charge < -0.3 is 4.57 Å². The van der Waals surface area contributed by atoms with Crippen molar-refractivity contribution in [1.29, 1.82) is 0 Å². The average molecular weight is 252 g/mol. The molecule has 1 heterocycles. The quantitative estimate of drug-likeness (QED) is 0.796. The van der Waals surface area contributed by atoms with Crippen molar-refractivity contribution in [2.75, 3.05) is 0 Å². The first-order chi connectivity index (χ1) is 8.49. The van der Waals surface area contributed by atoms with Gasteiger partial charge in [0.25, 0.3) is 5.56 Å². The second-order valence-corrected chi connectivity index (χ2v) is 3.87. The summed E-state index contributed by atoms with van der Waals surface area (Å²) in [4.78, 5) is 23.2. The fraction of sp³-hybridized carbons (Fsp3) is 0.167. The number of benzene rings is 1. The van der Waals surface area contributed by atoms with E-state index in [-0.39, 0.29) is 12.1 Å². The van der Waals surface area contributed by atoms with Crippen LogP contribution in [0.1, 0.15) is 5.56 Å². The molecule has 0 aliphatic rings. The maximum Gasteiger partial charge on any atom is 0.331 e. The van der Waals surface area contributed by atoms with E-state index in [2.05, 4.69) is 0 Å². The van der Waals surface area contributed by atoms with Gasteiger partial charge >= 0.3 is 5.69 Å². The molecule has 0 radical (unpaired) electrons. The number of aryl methyl sites for hydroxylation is 1. The van der Waals surface area contributed by atoms with Gasteiger partial charge in [-0.1, -0.05) is 6.07 Å². The standard InChI is InChI=1S/C12H10F2N2O2/c1-15-5-4-11(17)16(12(15)18)7-8-2-3-9(13)6-10(8)14/h2-6H,7H2,1H3. The molecular weight excluding hydrogens is 242 g/mol. The molecule has 0 saturated carbocycles. The van der Waals surface area contributed by atoms with Gasteiger partial charge in [0, 0.05) is 30.9 Å². The molecule has 2 aromatic rings. The number of hydrogen-bond donors (Lipinski definition) is 0. The molecule has 0 bridgehead atoms. The molecule has 94 valence electrons. The fourth-order valence-corrected chi connectivity index (χ4v) is 1.58. The molecular formula is C12H10F2N2O2. The van der Waals surface area contributed by atoms with Gasteiger partial charge in [-0.2, -0.15) is 0 Å². The topological polar surface area (TPSA) is 44.0 Å². The van der Waals surface area contributed by atoms with Gasteiger partial charge in [0.2, 0.25) is 0 Å². The highest BCUT2D eigenvalue weighted by atomic mass is 19.1. The third-order valence-corrected chi connectivity index (χ3v) is 2.58. The highest BCUT2D eigenvalue weighted by Gasteiger charge is 2.08. The molecule has 18 heavy (non-hydrogen) atoms. The van der Waals surface area contributed by atoms with Crippen LogP contribution in [0.15, 0.2) is 40.1 Å². The van der Waals surface area contributed by atoms with E-state index >= 15 is 0 Å². The summed E-state index contributed by atoms with van der Waals surface area (Å²) in [6.07, 6.45) is 1.34. The van der Waals surface area contributed by atoms with Crippen molar-refractivity contribution in [3.05, 3.63) is 68.5 Å². The fourth-order valence-electron chi connectivity index (χ4n) is 1.58. The molecule has 0 fully saturated rings. The van der Waals surface area contributed by atoms with Crippen molar-refractivity contribution in [2.24, 2.45) is 7.05 Å². The molecule has 0 saturated heterocycles. The van der Waals surface area contributed by atoms with Crippen LogP contribution in [-0.4, -0.2) is 9.13 Å². The third-order valence-electron chi connectivity index (χ3n) is 2.58. The molecule has 6 heteroatoms. The lowest BCUT2D eigenvalue weighted by atomic mass is 10.2. The molecule has 0 atom stereocenters. The van der Waals surface area contributed by atoms with Crippen LogP contribution in [0, 0.1) is 11.6 Å². The molecule has 0 amide bonds. The molecule has 1 aromatic carbocycles. The number of halogens is 2. The minimum atomic E-state index is -0.784. The molecule has 0 N–H and O–H groups in total. The zero-order chi connectivity index (χ0) is 13.3. The van der Waals surface area contributed by atoms with Crippen LogP contribution in [0.3, 0.4) is 0 Å². The van der Waals surface area contributed by atoms with E-state index in [0.717, 1.165) is 10.6 Å². The normalized spacial score (nSPS) is 10.6. The number of rotatable bonds is 2. The summed E-state index contributed by atoms with van der Waals surface area (Å²) in [5, 5.41) is 0. The Bertz CT molecular complexity index is 704. The van der Waals surface area contributed by atoms with E-state index in [4.69, 9.17) is 0 Å². The first-order valence-electron chi connectivity index (χ1n) is 5.19. The predicted octanol–water partition coefficient (Wildman–Crippen LogP) is 0.873. The first-order valence-corrected chi connectivity index (χ1v) is 5.19. The zero-order valence-corrected chi connectivity index (χ0v) is 9.56. The first kappa shape index (κ1) is 12.2. The van der Waals surface area contributed by atoms with E-state index in [1.54, 1.807) is 0 Å². The van der Waals surface area contributed by atoms with Crippen LogP contribution in [0.5, 0.6) is 0 Å². The third kappa shape index (κ3) is 2.22. The maximum atomic E-state index is 13.4. The average Bonchev–Trinajstić information content (AvgIpc) is 2.32. The van der Waals surface area contributed by atoms with E-state index in [0.29, 0.717) is 6.07 Å². The summed E-state index contributed by atoms with van der Waals surface area (Å²) < 4.78 is 28.3. The highest BCUT2D eigenvalue weighted by molar-refractivity contribution is 5.18. The molecule has 0 spiro atoms. The summed E-state index contributed by atoms with van der Waals surface area (Å²) in [6, 6.07) is 4.22. The summed E-state index contributed by atoms with van der Waals surface area (Å²) in [5.41, 5.74) is -0.991.